The fraction of sp³-hybridized carbons (Fsp3) is 0.923. The molecule has 106 valence electrons. The molecule has 1 aliphatic rings. The Balaban J connectivity index is 2.75. The Kier molecular flexibility index (Phi) is 4.95. The van der Waals surface area contributed by atoms with Gasteiger partial charge in [-0.3, -0.25) is 4.90 Å². The second kappa shape index (κ2) is 5.70. The van der Waals surface area contributed by atoms with Gasteiger partial charge in [0.2, 0.25) is 0 Å². The molecule has 1 amide bonds. The minimum absolute atomic E-state index is 0.159. The Bertz CT molecular complexity index is 299. The number of hydrogen-bond acceptors (Lipinski definition) is 4. The van der Waals surface area contributed by atoms with E-state index in [1.54, 1.807) is 11.8 Å². The van der Waals surface area contributed by atoms with Crippen LogP contribution in [0, 0.1) is 0 Å². The normalized spacial score (nSPS) is 23.2. The van der Waals surface area contributed by atoms with Crippen LogP contribution >= 0.6 is 11.8 Å². The lowest BCUT2D eigenvalue weighted by molar-refractivity contribution is 0.00843. The van der Waals surface area contributed by atoms with Crippen molar-refractivity contribution >= 4 is 17.9 Å². The van der Waals surface area contributed by atoms with Crippen molar-refractivity contribution in [3.8, 4) is 0 Å². The minimum Gasteiger partial charge on any atom is -0.444 e. The lowest BCUT2D eigenvalue weighted by Gasteiger charge is -2.36. The molecule has 1 unspecified atom stereocenters. The fourth-order valence-electron chi connectivity index (χ4n) is 2.10. The van der Waals surface area contributed by atoms with Crippen molar-refractivity contribution in [1.29, 1.82) is 0 Å². The first kappa shape index (κ1) is 15.6. The van der Waals surface area contributed by atoms with E-state index in [0.717, 1.165) is 18.6 Å². The highest BCUT2D eigenvalue weighted by Crippen LogP contribution is 2.41. The number of carbonyl (C=O) groups excluding carboxylic acids is 1. The van der Waals surface area contributed by atoms with Crippen LogP contribution in [0.3, 0.4) is 0 Å². The Morgan fingerprint density at radius 1 is 1.50 bits per heavy atom. The van der Waals surface area contributed by atoms with Crippen molar-refractivity contribution in [2.75, 3.05) is 12.4 Å². The summed E-state index contributed by atoms with van der Waals surface area (Å²) in [5.41, 5.74) is -0.470. The Hall–Kier alpha value is -0.420. The van der Waals surface area contributed by atoms with Crippen LogP contribution in [-0.4, -0.2) is 45.0 Å². The van der Waals surface area contributed by atoms with Gasteiger partial charge in [-0.2, -0.15) is 0 Å². The number of ether oxygens (including phenoxy) is 1. The molecule has 0 saturated carbocycles. The molecule has 1 saturated heterocycles. The third-order valence-electron chi connectivity index (χ3n) is 2.86. The topological polar surface area (TPSA) is 49.8 Å². The number of aliphatic hydroxyl groups is 1. The second-order valence-electron chi connectivity index (χ2n) is 6.13. The van der Waals surface area contributed by atoms with E-state index in [4.69, 9.17) is 9.84 Å². The maximum Gasteiger partial charge on any atom is 0.411 e. The van der Waals surface area contributed by atoms with E-state index in [0.29, 0.717) is 0 Å². The van der Waals surface area contributed by atoms with Crippen molar-refractivity contribution in [2.24, 2.45) is 0 Å². The molecule has 0 spiro atoms. The van der Waals surface area contributed by atoms with Crippen molar-refractivity contribution in [1.82, 2.24) is 4.90 Å². The van der Waals surface area contributed by atoms with Gasteiger partial charge in [0, 0.05) is 18.4 Å². The summed E-state index contributed by atoms with van der Waals surface area (Å²) >= 11 is 1.76. The van der Waals surface area contributed by atoms with E-state index in [1.807, 2.05) is 39.5 Å². The zero-order valence-electron chi connectivity index (χ0n) is 12.0. The van der Waals surface area contributed by atoms with Gasteiger partial charge in [0.05, 0.1) is 4.87 Å². The number of carbonyl (C=O) groups is 1. The molecular weight excluding hydrogens is 250 g/mol. The summed E-state index contributed by atoms with van der Waals surface area (Å²) in [6, 6.07) is 0.159. The molecule has 0 bridgehead atoms. The summed E-state index contributed by atoms with van der Waals surface area (Å²) in [5, 5.41) is 8.93. The summed E-state index contributed by atoms with van der Waals surface area (Å²) in [6.45, 7) is 9.89. The molecule has 1 fully saturated rings. The molecule has 0 aliphatic carbocycles. The Morgan fingerprint density at radius 2 is 2.11 bits per heavy atom. The molecule has 0 aromatic carbocycles. The van der Waals surface area contributed by atoms with E-state index < -0.39 is 5.60 Å². The number of aliphatic hydroxyl groups excluding tert-OH is 1. The van der Waals surface area contributed by atoms with Gasteiger partial charge in [0.25, 0.3) is 0 Å². The summed E-state index contributed by atoms with van der Waals surface area (Å²) < 4.78 is 5.48. The van der Waals surface area contributed by atoms with Crippen LogP contribution in [0.4, 0.5) is 4.79 Å². The average molecular weight is 275 g/mol. The molecule has 0 aromatic rings. The summed E-state index contributed by atoms with van der Waals surface area (Å²) in [4.78, 5) is 13.9. The van der Waals surface area contributed by atoms with Gasteiger partial charge in [-0.15, -0.1) is 11.8 Å². The van der Waals surface area contributed by atoms with Crippen LogP contribution in [0.2, 0.25) is 0 Å². The van der Waals surface area contributed by atoms with Crippen LogP contribution in [-0.2, 0) is 4.74 Å². The molecule has 1 aliphatic heterocycles. The van der Waals surface area contributed by atoms with Crippen LogP contribution in [0.25, 0.3) is 0 Å². The first-order valence-electron chi connectivity index (χ1n) is 6.44. The summed E-state index contributed by atoms with van der Waals surface area (Å²) in [5.74, 6) is 0.909. The first-order valence-corrected chi connectivity index (χ1v) is 7.43. The van der Waals surface area contributed by atoms with Crippen LogP contribution in [0.5, 0.6) is 0 Å². The standard InChI is InChI=1S/C13H25NO3S/c1-12(2,3)17-11(16)14-10(7-6-8-15)9-18-13(14,4)5/h10,15H,6-9H2,1-5H3. The molecule has 5 heteroatoms. The third-order valence-corrected chi connectivity index (χ3v) is 4.31. The predicted octanol–water partition coefficient (Wildman–Crippen LogP) is 2.85. The lowest BCUT2D eigenvalue weighted by atomic mass is 10.1. The summed E-state index contributed by atoms with van der Waals surface area (Å²) in [6.07, 6.45) is 1.30. The second-order valence-corrected chi connectivity index (χ2v) is 7.75. The molecule has 18 heavy (non-hydrogen) atoms. The Morgan fingerprint density at radius 3 is 2.61 bits per heavy atom. The number of amides is 1. The van der Waals surface area contributed by atoms with E-state index in [9.17, 15) is 4.79 Å². The highest BCUT2D eigenvalue weighted by molar-refractivity contribution is 8.00. The van der Waals surface area contributed by atoms with Gasteiger partial charge < -0.3 is 9.84 Å². The van der Waals surface area contributed by atoms with E-state index in [1.165, 1.54) is 0 Å². The number of rotatable bonds is 3. The highest BCUT2D eigenvalue weighted by atomic mass is 32.2. The molecule has 0 aromatic heterocycles. The summed E-state index contributed by atoms with van der Waals surface area (Å²) in [7, 11) is 0. The molecule has 0 radical (unpaired) electrons. The highest BCUT2D eigenvalue weighted by Gasteiger charge is 2.44. The maximum atomic E-state index is 12.3. The van der Waals surface area contributed by atoms with Crippen molar-refractivity contribution in [2.45, 2.75) is 64.0 Å². The fourth-order valence-corrected chi connectivity index (χ4v) is 3.38. The molecular formula is C13H25NO3S. The SMILES string of the molecule is CC(C)(C)OC(=O)N1C(CCCO)CSC1(C)C. The maximum absolute atomic E-state index is 12.3. The predicted molar refractivity (Wildman–Crippen MR) is 74.7 cm³/mol. The van der Waals surface area contributed by atoms with Crippen molar-refractivity contribution in [3.63, 3.8) is 0 Å². The molecule has 1 N–H and O–H groups in total. The average Bonchev–Trinajstić information content (AvgIpc) is 2.48. The van der Waals surface area contributed by atoms with E-state index in [2.05, 4.69) is 0 Å². The zero-order valence-corrected chi connectivity index (χ0v) is 12.8. The van der Waals surface area contributed by atoms with Crippen molar-refractivity contribution in [3.05, 3.63) is 0 Å². The van der Waals surface area contributed by atoms with Gasteiger partial charge in [0.15, 0.2) is 0 Å². The van der Waals surface area contributed by atoms with Crippen molar-refractivity contribution < 1.29 is 14.6 Å². The molecule has 4 nitrogen and oxygen atoms in total. The minimum atomic E-state index is -0.470. The molecule has 1 atom stereocenters. The third kappa shape index (κ3) is 4.05. The van der Waals surface area contributed by atoms with Gasteiger partial charge >= 0.3 is 6.09 Å². The van der Waals surface area contributed by atoms with Gasteiger partial charge in [-0.1, -0.05) is 0 Å². The molecule has 1 heterocycles. The van der Waals surface area contributed by atoms with Crippen LogP contribution in [0.15, 0.2) is 0 Å². The van der Waals surface area contributed by atoms with E-state index >= 15 is 0 Å². The quantitative estimate of drug-likeness (QED) is 0.860. The molecule has 1 rings (SSSR count). The van der Waals surface area contributed by atoms with E-state index in [-0.39, 0.29) is 23.6 Å². The van der Waals surface area contributed by atoms with Crippen LogP contribution in [0.1, 0.15) is 47.5 Å². The number of hydrogen-bond donors (Lipinski definition) is 1. The first-order chi connectivity index (χ1) is 8.17. The Labute approximate surface area is 114 Å². The zero-order chi connectivity index (χ0) is 14.0. The number of thioether (sulfide) groups is 1. The van der Waals surface area contributed by atoms with Gasteiger partial charge in [-0.25, -0.2) is 4.79 Å². The van der Waals surface area contributed by atoms with Gasteiger partial charge in [0.1, 0.15) is 5.60 Å². The van der Waals surface area contributed by atoms with Crippen LogP contribution < -0.4 is 0 Å². The number of nitrogens with zero attached hydrogens (tertiary/aromatic N) is 1. The van der Waals surface area contributed by atoms with Gasteiger partial charge in [-0.05, 0) is 47.5 Å². The largest absolute Gasteiger partial charge is 0.444 e. The lowest BCUT2D eigenvalue weighted by Crippen LogP contribution is -2.48. The smallest absolute Gasteiger partial charge is 0.411 e. The monoisotopic (exact) mass is 275 g/mol.